The number of carbonyl (C=O) groups excluding carboxylic acids is 2. The van der Waals surface area contributed by atoms with Crippen molar-refractivity contribution in [2.24, 2.45) is 5.14 Å². The van der Waals surface area contributed by atoms with Crippen LogP contribution < -0.4 is 15.2 Å². The molecule has 156 valence electrons. The molecule has 10 heteroatoms. The highest BCUT2D eigenvalue weighted by Crippen LogP contribution is 2.22. The van der Waals surface area contributed by atoms with Gasteiger partial charge in [-0.15, -0.1) is 0 Å². The maximum Gasteiger partial charge on any atom is 0.350 e. The predicted octanol–water partition coefficient (Wildman–Crippen LogP) is 2.72. The lowest BCUT2D eigenvalue weighted by molar-refractivity contribution is -0.166. The molecular formula is C19H21ClN2O6S. The SMILES string of the molecule is CC(OC(=O)C(C)(C)Oc1ccc(Cl)cc1)C(=O)Nc1ccc(S(N)(=O)=O)cc1. The van der Waals surface area contributed by atoms with Gasteiger partial charge in [-0.1, -0.05) is 11.6 Å². The van der Waals surface area contributed by atoms with Gasteiger partial charge in [0.1, 0.15) is 5.75 Å². The number of nitrogens with two attached hydrogens (primary N) is 1. The number of sulfonamides is 1. The quantitative estimate of drug-likeness (QED) is 0.637. The summed E-state index contributed by atoms with van der Waals surface area (Å²) in [6.45, 7) is 4.44. The maximum absolute atomic E-state index is 12.4. The molecule has 0 aliphatic rings. The molecule has 29 heavy (non-hydrogen) atoms. The minimum atomic E-state index is -3.83. The molecule has 0 heterocycles. The van der Waals surface area contributed by atoms with E-state index < -0.39 is 33.6 Å². The molecule has 0 aromatic heterocycles. The van der Waals surface area contributed by atoms with E-state index in [4.69, 9.17) is 26.2 Å². The average molecular weight is 441 g/mol. The number of nitrogens with one attached hydrogen (secondary N) is 1. The standard InChI is InChI=1S/C19H21ClN2O6S/c1-12(17(23)22-14-6-10-16(11-7-14)29(21,25)26)27-18(24)19(2,3)28-15-8-4-13(20)5-9-15/h4-12H,1-3H3,(H,22,23)(H2,21,25,26). The minimum absolute atomic E-state index is 0.0870. The first-order valence-electron chi connectivity index (χ1n) is 8.48. The molecule has 0 spiro atoms. The maximum atomic E-state index is 12.4. The predicted molar refractivity (Wildman–Crippen MR) is 108 cm³/mol. The van der Waals surface area contributed by atoms with Crippen LogP contribution in [0.4, 0.5) is 5.69 Å². The molecule has 8 nitrogen and oxygen atoms in total. The van der Waals surface area contributed by atoms with E-state index in [9.17, 15) is 18.0 Å². The van der Waals surface area contributed by atoms with E-state index >= 15 is 0 Å². The first-order chi connectivity index (χ1) is 13.4. The van der Waals surface area contributed by atoms with E-state index in [1.54, 1.807) is 24.3 Å². The highest BCUT2D eigenvalue weighted by molar-refractivity contribution is 7.89. The summed E-state index contributed by atoms with van der Waals surface area (Å²) in [7, 11) is -3.83. The van der Waals surface area contributed by atoms with Crippen molar-refractivity contribution in [2.75, 3.05) is 5.32 Å². The highest BCUT2D eigenvalue weighted by Gasteiger charge is 2.34. The summed E-state index contributed by atoms with van der Waals surface area (Å²) in [5.41, 5.74) is -1.03. The van der Waals surface area contributed by atoms with Crippen molar-refractivity contribution < 1.29 is 27.5 Å². The summed E-state index contributed by atoms with van der Waals surface area (Å²) >= 11 is 5.82. The molecule has 0 radical (unpaired) electrons. The molecule has 1 unspecified atom stereocenters. The van der Waals surface area contributed by atoms with E-state index in [0.717, 1.165) is 0 Å². The first-order valence-corrected chi connectivity index (χ1v) is 10.4. The zero-order valence-electron chi connectivity index (χ0n) is 16.0. The molecular weight excluding hydrogens is 420 g/mol. The molecule has 1 atom stereocenters. The van der Waals surface area contributed by atoms with E-state index in [0.29, 0.717) is 16.5 Å². The molecule has 2 rings (SSSR count). The fourth-order valence-electron chi connectivity index (χ4n) is 2.17. The number of amides is 1. The van der Waals surface area contributed by atoms with Crippen molar-refractivity contribution in [1.29, 1.82) is 0 Å². The number of rotatable bonds is 7. The van der Waals surface area contributed by atoms with Gasteiger partial charge in [0, 0.05) is 10.7 Å². The summed E-state index contributed by atoms with van der Waals surface area (Å²) in [6, 6.07) is 11.7. The Kier molecular flexibility index (Phi) is 6.89. The molecule has 0 saturated carbocycles. The first kappa shape index (κ1) is 22.7. The van der Waals surface area contributed by atoms with Crippen molar-refractivity contribution in [1.82, 2.24) is 0 Å². The third-order valence-electron chi connectivity index (χ3n) is 3.78. The lowest BCUT2D eigenvalue weighted by Crippen LogP contribution is -2.43. The molecule has 0 fully saturated rings. The molecule has 2 aromatic carbocycles. The normalized spacial score (nSPS) is 12.7. The van der Waals surface area contributed by atoms with Gasteiger partial charge in [-0.3, -0.25) is 4.79 Å². The van der Waals surface area contributed by atoms with Crippen molar-refractivity contribution in [2.45, 2.75) is 37.4 Å². The van der Waals surface area contributed by atoms with Crippen LogP contribution in [-0.2, 0) is 24.3 Å². The van der Waals surface area contributed by atoms with Gasteiger partial charge in [-0.05, 0) is 69.3 Å². The Bertz CT molecular complexity index is 988. The molecule has 0 aliphatic carbocycles. The Morgan fingerprint density at radius 2 is 1.62 bits per heavy atom. The smallest absolute Gasteiger partial charge is 0.350 e. The molecule has 1 amide bonds. The third-order valence-corrected chi connectivity index (χ3v) is 4.96. The van der Waals surface area contributed by atoms with Gasteiger partial charge >= 0.3 is 5.97 Å². The molecule has 0 aliphatic heterocycles. The second-order valence-corrected chi connectivity index (χ2v) is 8.67. The van der Waals surface area contributed by atoms with Crippen LogP contribution in [0, 0.1) is 0 Å². The van der Waals surface area contributed by atoms with E-state index in [-0.39, 0.29) is 4.90 Å². The lowest BCUT2D eigenvalue weighted by atomic mass is 10.1. The second-order valence-electron chi connectivity index (χ2n) is 6.67. The molecule has 3 N–H and O–H groups in total. The van der Waals surface area contributed by atoms with Gasteiger partial charge in [0.2, 0.25) is 10.0 Å². The zero-order chi connectivity index (χ0) is 21.8. The number of hydrogen-bond donors (Lipinski definition) is 2. The van der Waals surface area contributed by atoms with E-state index in [1.807, 2.05) is 0 Å². The van der Waals surface area contributed by atoms with Gasteiger partial charge in [0.05, 0.1) is 4.90 Å². The Morgan fingerprint density at radius 1 is 1.07 bits per heavy atom. The van der Waals surface area contributed by atoms with Crippen LogP contribution in [0.3, 0.4) is 0 Å². The number of anilines is 1. The number of benzene rings is 2. The van der Waals surface area contributed by atoms with Gasteiger partial charge in [0.15, 0.2) is 11.7 Å². The van der Waals surface area contributed by atoms with Crippen molar-refractivity contribution in [3.8, 4) is 5.75 Å². The number of esters is 1. The Labute approximate surface area is 174 Å². The van der Waals surface area contributed by atoms with Crippen LogP contribution >= 0.6 is 11.6 Å². The highest BCUT2D eigenvalue weighted by atomic mass is 35.5. The van der Waals surface area contributed by atoms with Crippen molar-refractivity contribution >= 4 is 39.2 Å². The van der Waals surface area contributed by atoms with Crippen LogP contribution in [0.5, 0.6) is 5.75 Å². The van der Waals surface area contributed by atoms with Crippen molar-refractivity contribution in [3.05, 3.63) is 53.6 Å². The summed E-state index contributed by atoms with van der Waals surface area (Å²) in [6.07, 6.45) is -1.12. The van der Waals surface area contributed by atoms with Gasteiger partial charge < -0.3 is 14.8 Å². The fraction of sp³-hybridized carbons (Fsp3) is 0.263. The van der Waals surface area contributed by atoms with Gasteiger partial charge in [-0.2, -0.15) is 0 Å². The summed E-state index contributed by atoms with van der Waals surface area (Å²) < 4.78 is 33.3. The summed E-state index contributed by atoms with van der Waals surface area (Å²) in [5, 5.41) is 8.08. The fourth-order valence-corrected chi connectivity index (χ4v) is 2.81. The summed E-state index contributed by atoms with van der Waals surface area (Å²) in [5.74, 6) is -0.910. The lowest BCUT2D eigenvalue weighted by Gasteiger charge is -2.26. The Morgan fingerprint density at radius 3 is 2.14 bits per heavy atom. The number of primary sulfonamides is 1. The zero-order valence-corrected chi connectivity index (χ0v) is 17.6. The monoisotopic (exact) mass is 440 g/mol. The number of hydrogen-bond acceptors (Lipinski definition) is 6. The Hall–Kier alpha value is -2.62. The Balaban J connectivity index is 1.97. The second kappa shape index (κ2) is 8.81. The van der Waals surface area contributed by atoms with Crippen LogP contribution in [0.15, 0.2) is 53.4 Å². The number of carbonyl (C=O) groups is 2. The average Bonchev–Trinajstić information content (AvgIpc) is 2.63. The topological polar surface area (TPSA) is 125 Å². The van der Waals surface area contributed by atoms with Crippen LogP contribution in [0.1, 0.15) is 20.8 Å². The van der Waals surface area contributed by atoms with E-state index in [2.05, 4.69) is 5.32 Å². The minimum Gasteiger partial charge on any atom is -0.476 e. The summed E-state index contributed by atoms with van der Waals surface area (Å²) in [4.78, 5) is 24.6. The number of ether oxygens (including phenoxy) is 2. The molecule has 0 bridgehead atoms. The van der Waals surface area contributed by atoms with Crippen LogP contribution in [0.25, 0.3) is 0 Å². The molecule has 2 aromatic rings. The van der Waals surface area contributed by atoms with E-state index in [1.165, 1.54) is 45.0 Å². The van der Waals surface area contributed by atoms with Gasteiger partial charge in [-0.25, -0.2) is 18.4 Å². The van der Waals surface area contributed by atoms with Crippen molar-refractivity contribution in [3.63, 3.8) is 0 Å². The number of halogens is 1. The largest absolute Gasteiger partial charge is 0.476 e. The van der Waals surface area contributed by atoms with Gasteiger partial charge in [0.25, 0.3) is 5.91 Å². The van der Waals surface area contributed by atoms with Crippen LogP contribution in [-0.4, -0.2) is 32.0 Å². The van der Waals surface area contributed by atoms with Crippen LogP contribution in [0.2, 0.25) is 5.02 Å². The third kappa shape index (κ3) is 6.45. The molecule has 0 saturated heterocycles.